The van der Waals surface area contributed by atoms with Gasteiger partial charge in [0.1, 0.15) is 17.1 Å². The van der Waals surface area contributed by atoms with Crippen LogP contribution in [0.5, 0.6) is 0 Å². The van der Waals surface area contributed by atoms with E-state index in [1.165, 1.54) is 0 Å². The number of benzene rings is 2. The Bertz CT molecular complexity index is 1320. The number of carbonyl (C=O) groups excluding carboxylic acids is 1. The Morgan fingerprint density at radius 3 is 2.83 bits per heavy atom. The number of hydrogen-bond acceptors (Lipinski definition) is 8. The summed E-state index contributed by atoms with van der Waals surface area (Å²) in [5.41, 5.74) is 7.66. The number of hydrogen-bond donors (Lipinski definition) is 4. The molecular weight excluding hydrogens is 534 g/mol. The summed E-state index contributed by atoms with van der Waals surface area (Å²) < 4.78 is 32.3. The average Bonchev–Trinajstić information content (AvgIpc) is 3.65. The fraction of sp³-hybridized carbons (Fsp3) is 0.500. The molecule has 1 unspecified atom stereocenters. The van der Waals surface area contributed by atoms with E-state index in [0.29, 0.717) is 35.7 Å². The van der Waals surface area contributed by atoms with Crippen molar-refractivity contribution in [2.24, 2.45) is 11.8 Å². The first-order chi connectivity index (χ1) is 19.3. The summed E-state index contributed by atoms with van der Waals surface area (Å²) in [6, 6.07) is 14.2. The third kappa shape index (κ3) is 6.64. The van der Waals surface area contributed by atoms with Gasteiger partial charge in [0, 0.05) is 18.5 Å². The zero-order valence-electron chi connectivity index (χ0n) is 22.7. The minimum Gasteiger partial charge on any atom is -0.443 e. The van der Waals surface area contributed by atoms with Crippen LogP contribution in [0.3, 0.4) is 0 Å². The highest BCUT2D eigenvalue weighted by atomic mass is 32.2. The van der Waals surface area contributed by atoms with E-state index >= 15 is 0 Å². The lowest BCUT2D eigenvalue weighted by Crippen LogP contribution is -2.51. The van der Waals surface area contributed by atoms with Gasteiger partial charge in [0.05, 0.1) is 41.7 Å². The normalized spacial score (nSPS) is 22.9. The molecule has 2 aliphatic heterocycles. The number of aliphatic hydroxyl groups is 1. The molecule has 2 aromatic carbocycles. The number of nitrogens with one attached hydrogen (secondary N) is 2. The van der Waals surface area contributed by atoms with Gasteiger partial charge in [-0.3, -0.25) is 5.10 Å². The number of aromatic nitrogens is 2. The van der Waals surface area contributed by atoms with E-state index in [1.807, 2.05) is 44.2 Å². The highest BCUT2D eigenvalue weighted by Crippen LogP contribution is 2.33. The van der Waals surface area contributed by atoms with E-state index in [9.17, 15) is 14.1 Å². The number of ether oxygens (including phenoxy) is 3. The van der Waals surface area contributed by atoms with Crippen LogP contribution in [0.2, 0.25) is 0 Å². The van der Waals surface area contributed by atoms with E-state index in [1.54, 1.807) is 22.5 Å². The average molecular weight is 572 g/mol. The first-order valence-electron chi connectivity index (χ1n) is 13.6. The van der Waals surface area contributed by atoms with Crippen molar-refractivity contribution < 1.29 is 28.3 Å². The number of nitrogens with two attached hydrogens (primary N) is 1. The van der Waals surface area contributed by atoms with Gasteiger partial charge < -0.3 is 30.4 Å². The standard InChI is InChI=1S/C28H37N5O6S/c1-17(2)14-33(40(36)19-8-9-22-21(13-19)26(29)32-31-22)15-24(34)23(12-18-6-4-3-5-7-18)30-28(35)39-25-16-38-27-20(25)10-11-37-27/h3-9,13,17,20,23-25,27,34H,10-12,14-16H2,1-2H3,(H,30,35)(H3,29,31,32)/t20-,23-,24+,25-,27+,40?/m0/s1. The summed E-state index contributed by atoms with van der Waals surface area (Å²) in [5, 5.41) is 21.9. The van der Waals surface area contributed by atoms with E-state index < -0.39 is 35.3 Å². The smallest absolute Gasteiger partial charge is 0.407 e. The molecule has 216 valence electrons. The van der Waals surface area contributed by atoms with Crippen LogP contribution in [0.15, 0.2) is 53.4 Å². The molecule has 11 nitrogen and oxygen atoms in total. The monoisotopic (exact) mass is 571 g/mol. The molecule has 3 heterocycles. The molecule has 3 aromatic rings. The fourth-order valence-corrected chi connectivity index (χ4v) is 6.67. The Hall–Kier alpha value is -3.03. The van der Waals surface area contributed by atoms with Crippen molar-refractivity contribution in [2.75, 3.05) is 32.0 Å². The molecule has 1 amide bonds. The number of amides is 1. The molecule has 0 spiro atoms. The molecule has 1 aromatic heterocycles. The summed E-state index contributed by atoms with van der Waals surface area (Å²) in [5.74, 6) is 0.514. The molecule has 5 rings (SSSR count). The van der Waals surface area contributed by atoms with Crippen LogP contribution in [0.4, 0.5) is 10.6 Å². The number of H-pyrrole nitrogens is 1. The van der Waals surface area contributed by atoms with Crippen molar-refractivity contribution in [2.45, 2.75) is 56.1 Å². The zero-order valence-corrected chi connectivity index (χ0v) is 23.5. The lowest BCUT2D eigenvalue weighted by molar-refractivity contribution is -0.0907. The molecule has 40 heavy (non-hydrogen) atoms. The molecule has 6 atom stereocenters. The quantitative estimate of drug-likeness (QED) is 0.274. The largest absolute Gasteiger partial charge is 0.443 e. The van der Waals surface area contributed by atoms with E-state index in [2.05, 4.69) is 15.5 Å². The molecule has 0 aliphatic carbocycles. The SMILES string of the molecule is CC(C)CN(C[C@@H](O)[C@H](Cc1ccccc1)NC(=O)O[C@H]1CO[C@H]2OCC[C@H]21)S(=O)c1ccc2[nH]nc(N)c2c1. The maximum absolute atomic E-state index is 13.7. The Morgan fingerprint density at radius 1 is 1.25 bits per heavy atom. The van der Waals surface area contributed by atoms with Crippen molar-refractivity contribution in [1.29, 1.82) is 0 Å². The molecular formula is C28H37N5O6S. The van der Waals surface area contributed by atoms with Crippen LogP contribution < -0.4 is 11.1 Å². The minimum atomic E-state index is -1.59. The molecule has 12 heteroatoms. The minimum absolute atomic E-state index is 0.00815. The predicted molar refractivity (Wildman–Crippen MR) is 150 cm³/mol. The third-order valence-corrected chi connectivity index (χ3v) is 8.69. The van der Waals surface area contributed by atoms with Crippen LogP contribution in [0, 0.1) is 11.8 Å². The second kappa shape index (κ2) is 12.6. The number of fused-ring (bicyclic) bond motifs is 2. The summed E-state index contributed by atoms with van der Waals surface area (Å²) in [7, 11) is -1.59. The highest BCUT2D eigenvalue weighted by Gasteiger charge is 2.44. The first kappa shape index (κ1) is 28.5. The maximum Gasteiger partial charge on any atom is 0.407 e. The van der Waals surface area contributed by atoms with Crippen molar-refractivity contribution in [3.8, 4) is 0 Å². The molecule has 2 fully saturated rings. The molecule has 5 N–H and O–H groups in total. The Labute approximate surface area is 235 Å². The number of alkyl carbamates (subject to hydrolysis) is 1. The van der Waals surface area contributed by atoms with Crippen LogP contribution >= 0.6 is 0 Å². The van der Waals surface area contributed by atoms with Crippen molar-refractivity contribution >= 4 is 33.8 Å². The summed E-state index contributed by atoms with van der Waals surface area (Å²) >= 11 is 0. The maximum atomic E-state index is 13.7. The van der Waals surface area contributed by atoms with Gasteiger partial charge >= 0.3 is 6.09 Å². The number of nitrogens with zero attached hydrogens (tertiary/aromatic N) is 2. The Morgan fingerprint density at radius 2 is 2.05 bits per heavy atom. The van der Waals surface area contributed by atoms with Gasteiger partial charge in [0.25, 0.3) is 0 Å². The van der Waals surface area contributed by atoms with Gasteiger partial charge in [-0.25, -0.2) is 13.3 Å². The van der Waals surface area contributed by atoms with Crippen LogP contribution in [-0.4, -0.2) is 80.8 Å². The van der Waals surface area contributed by atoms with E-state index in [4.69, 9.17) is 19.9 Å². The third-order valence-electron chi connectivity index (χ3n) is 7.27. The van der Waals surface area contributed by atoms with Gasteiger partial charge in [-0.1, -0.05) is 44.2 Å². The summed E-state index contributed by atoms with van der Waals surface area (Å²) in [4.78, 5) is 13.6. The van der Waals surface area contributed by atoms with Crippen molar-refractivity contribution in [3.63, 3.8) is 0 Å². The number of aromatic amines is 1. The van der Waals surface area contributed by atoms with Crippen LogP contribution in [-0.2, 0) is 31.6 Å². The summed E-state index contributed by atoms with van der Waals surface area (Å²) in [6.45, 7) is 5.43. The topological polar surface area (TPSA) is 152 Å². The number of anilines is 1. The van der Waals surface area contributed by atoms with Gasteiger partial charge in [-0.2, -0.15) is 5.10 Å². The highest BCUT2D eigenvalue weighted by molar-refractivity contribution is 7.82. The van der Waals surface area contributed by atoms with Crippen molar-refractivity contribution in [3.05, 3.63) is 54.1 Å². The lowest BCUT2D eigenvalue weighted by Gasteiger charge is -2.30. The molecule has 0 radical (unpaired) electrons. The second-order valence-corrected chi connectivity index (χ2v) is 12.3. The molecule has 2 aliphatic rings. The molecule has 2 saturated heterocycles. The zero-order chi connectivity index (χ0) is 28.2. The lowest BCUT2D eigenvalue weighted by atomic mass is 10.0. The number of rotatable bonds is 11. The first-order valence-corrected chi connectivity index (χ1v) is 14.7. The predicted octanol–water partition coefficient (Wildman–Crippen LogP) is 2.59. The van der Waals surface area contributed by atoms with Gasteiger partial charge in [-0.15, -0.1) is 0 Å². The van der Waals surface area contributed by atoms with E-state index in [0.717, 1.165) is 17.5 Å². The van der Waals surface area contributed by atoms with Gasteiger partial charge in [0.2, 0.25) is 0 Å². The summed E-state index contributed by atoms with van der Waals surface area (Å²) in [6.07, 6.45) is -1.27. The van der Waals surface area contributed by atoms with Gasteiger partial charge in [0.15, 0.2) is 12.1 Å². The molecule has 0 saturated carbocycles. The van der Waals surface area contributed by atoms with Crippen molar-refractivity contribution in [1.82, 2.24) is 19.8 Å². The second-order valence-electron chi connectivity index (χ2n) is 10.8. The van der Waals surface area contributed by atoms with Crippen LogP contribution in [0.1, 0.15) is 25.8 Å². The fourth-order valence-electron chi connectivity index (χ4n) is 5.25. The Kier molecular flexibility index (Phi) is 9.01. The number of aliphatic hydroxyl groups excluding tert-OH is 1. The van der Waals surface area contributed by atoms with E-state index in [-0.39, 0.29) is 31.3 Å². The number of carbonyl (C=O) groups is 1. The number of nitrogen functional groups attached to an aromatic ring is 1. The Balaban J connectivity index is 1.31. The molecule has 0 bridgehead atoms. The van der Waals surface area contributed by atoms with Crippen LogP contribution in [0.25, 0.3) is 10.9 Å². The van der Waals surface area contributed by atoms with Gasteiger partial charge in [-0.05, 0) is 42.5 Å².